The third kappa shape index (κ3) is 4.06. The molecule has 0 fully saturated rings. The first kappa shape index (κ1) is 18.6. The molecule has 0 bridgehead atoms. The number of rotatable bonds is 6. The monoisotopic (exact) mass is 432 g/mol. The molecule has 0 aliphatic rings. The fraction of sp³-hybridized carbons (Fsp3) is 0.0588. The van der Waals surface area contributed by atoms with Gasteiger partial charge < -0.3 is 11.2 Å². The van der Waals surface area contributed by atoms with Crippen LogP contribution in [-0.2, 0) is 4.79 Å². The molecule has 3 N–H and O–H groups in total. The molecule has 1 aromatic carbocycles. The Hall–Kier alpha value is -2.76. The van der Waals surface area contributed by atoms with Crippen molar-refractivity contribution in [1.82, 2.24) is 19.9 Å². The first-order chi connectivity index (χ1) is 13.6. The second-order valence-corrected chi connectivity index (χ2v) is 8.28. The zero-order valence-electron chi connectivity index (χ0n) is 14.2. The number of nitrogens with one attached hydrogen (secondary N) is 1. The van der Waals surface area contributed by atoms with Crippen LogP contribution in [0.1, 0.15) is 0 Å². The van der Waals surface area contributed by atoms with Crippen LogP contribution >= 0.6 is 34.4 Å². The fourth-order valence-electron chi connectivity index (χ4n) is 2.32. The number of nitrogens with zero attached hydrogens (tertiary/aromatic N) is 4. The molecule has 0 unspecified atom stereocenters. The smallest absolute Gasteiger partial charge is 0.236 e. The highest BCUT2D eigenvalue weighted by molar-refractivity contribution is 7.99. The summed E-state index contributed by atoms with van der Waals surface area (Å²) < 4.78 is 14.4. The van der Waals surface area contributed by atoms with E-state index >= 15 is 0 Å². The maximum atomic E-state index is 13.0. The van der Waals surface area contributed by atoms with E-state index in [1.807, 2.05) is 17.5 Å². The van der Waals surface area contributed by atoms with Gasteiger partial charge in [-0.15, -0.1) is 32.9 Å². The van der Waals surface area contributed by atoms with E-state index in [-0.39, 0.29) is 17.5 Å². The lowest BCUT2D eigenvalue weighted by atomic mass is 10.2. The van der Waals surface area contributed by atoms with Crippen LogP contribution in [0.25, 0.3) is 22.0 Å². The molecule has 4 aromatic rings. The molecule has 28 heavy (non-hydrogen) atoms. The van der Waals surface area contributed by atoms with E-state index < -0.39 is 0 Å². The molecule has 7 nitrogen and oxygen atoms in total. The quantitative estimate of drug-likeness (QED) is 0.356. The van der Waals surface area contributed by atoms with Gasteiger partial charge in [0, 0.05) is 10.9 Å². The minimum atomic E-state index is -0.306. The summed E-state index contributed by atoms with van der Waals surface area (Å²) in [6, 6.07) is 9.84. The number of aromatic nitrogens is 4. The average molecular weight is 433 g/mol. The van der Waals surface area contributed by atoms with Gasteiger partial charge in [-0.25, -0.2) is 14.1 Å². The highest BCUT2D eigenvalue weighted by Gasteiger charge is 2.15. The maximum absolute atomic E-state index is 13.0. The Morgan fingerprint density at radius 1 is 1.21 bits per heavy atom. The summed E-state index contributed by atoms with van der Waals surface area (Å²) in [5.41, 5.74) is 1.46. The Morgan fingerprint density at radius 2 is 2.04 bits per heavy atom. The van der Waals surface area contributed by atoms with Gasteiger partial charge in [-0.2, -0.15) is 0 Å². The summed E-state index contributed by atoms with van der Waals surface area (Å²) in [5, 5.41) is 15.5. The van der Waals surface area contributed by atoms with Crippen molar-refractivity contribution >= 4 is 45.5 Å². The lowest BCUT2D eigenvalue weighted by Gasteiger charge is -2.03. The molecule has 4 rings (SSSR count). The first-order valence-electron chi connectivity index (χ1n) is 7.98. The maximum Gasteiger partial charge on any atom is 0.236 e. The van der Waals surface area contributed by atoms with Crippen LogP contribution in [0, 0.1) is 5.82 Å². The number of nitrogen functional groups attached to an aromatic ring is 1. The van der Waals surface area contributed by atoms with E-state index in [2.05, 4.69) is 20.5 Å². The van der Waals surface area contributed by atoms with Gasteiger partial charge in [0.05, 0.1) is 16.3 Å². The highest BCUT2D eigenvalue weighted by Crippen LogP contribution is 2.27. The van der Waals surface area contributed by atoms with Crippen LogP contribution in [0.2, 0.25) is 0 Å². The molecule has 0 aliphatic heterocycles. The van der Waals surface area contributed by atoms with Crippen molar-refractivity contribution in [2.24, 2.45) is 0 Å². The van der Waals surface area contributed by atoms with E-state index in [0.29, 0.717) is 21.8 Å². The van der Waals surface area contributed by atoms with Gasteiger partial charge in [0.2, 0.25) is 11.1 Å². The van der Waals surface area contributed by atoms with Crippen molar-refractivity contribution in [2.45, 2.75) is 5.16 Å². The first-order valence-corrected chi connectivity index (χ1v) is 10.7. The molecule has 0 aliphatic carbocycles. The minimum absolute atomic E-state index is 0.116. The normalized spacial score (nSPS) is 10.9. The third-order valence-corrected chi connectivity index (χ3v) is 6.20. The number of benzene rings is 1. The van der Waals surface area contributed by atoms with Gasteiger partial charge in [-0.1, -0.05) is 17.8 Å². The van der Waals surface area contributed by atoms with Gasteiger partial charge in [-0.05, 0) is 35.7 Å². The zero-order chi connectivity index (χ0) is 19.5. The number of hydrogen-bond donors (Lipinski definition) is 2. The number of hydrogen-bond acceptors (Lipinski definition) is 8. The van der Waals surface area contributed by atoms with Gasteiger partial charge in [0.15, 0.2) is 11.0 Å². The fourth-order valence-corrected chi connectivity index (χ4v) is 4.42. The Bertz CT molecular complexity index is 1090. The molecule has 0 spiro atoms. The second kappa shape index (κ2) is 8.09. The molecule has 3 aromatic heterocycles. The van der Waals surface area contributed by atoms with Crippen LogP contribution in [0.5, 0.6) is 0 Å². The van der Waals surface area contributed by atoms with Gasteiger partial charge in [0.25, 0.3) is 0 Å². The van der Waals surface area contributed by atoms with Crippen LogP contribution in [0.4, 0.5) is 9.52 Å². The third-order valence-electron chi connectivity index (χ3n) is 3.63. The van der Waals surface area contributed by atoms with Gasteiger partial charge in [-0.3, -0.25) is 4.79 Å². The number of thiophene rings is 1. The number of thioether (sulfide) groups is 1. The molecule has 0 saturated heterocycles. The number of amides is 1. The molecule has 3 heterocycles. The summed E-state index contributed by atoms with van der Waals surface area (Å²) in [6.07, 6.45) is 0. The van der Waals surface area contributed by atoms with Crippen molar-refractivity contribution in [3.8, 4) is 22.0 Å². The molecule has 0 radical (unpaired) electrons. The number of anilines is 1. The SMILES string of the molecule is Nn1c(SCC(=O)Nc2nc(-c3ccc(F)cc3)cs2)nnc1-c1cccs1. The lowest BCUT2D eigenvalue weighted by Crippen LogP contribution is -2.16. The van der Waals surface area contributed by atoms with Gasteiger partial charge >= 0.3 is 0 Å². The molecule has 142 valence electrons. The largest absolute Gasteiger partial charge is 0.335 e. The molecule has 0 atom stereocenters. The Kier molecular flexibility index (Phi) is 5.37. The summed E-state index contributed by atoms with van der Waals surface area (Å²) in [4.78, 5) is 17.5. The van der Waals surface area contributed by atoms with E-state index in [1.165, 1.54) is 51.2 Å². The highest BCUT2D eigenvalue weighted by atomic mass is 32.2. The minimum Gasteiger partial charge on any atom is -0.335 e. The predicted molar refractivity (Wildman–Crippen MR) is 110 cm³/mol. The van der Waals surface area contributed by atoms with E-state index in [9.17, 15) is 9.18 Å². The second-order valence-electron chi connectivity index (χ2n) is 5.54. The van der Waals surface area contributed by atoms with Gasteiger partial charge in [0.1, 0.15) is 5.82 Å². The summed E-state index contributed by atoms with van der Waals surface area (Å²) in [7, 11) is 0. The summed E-state index contributed by atoms with van der Waals surface area (Å²) in [5.74, 6) is 6.16. The Labute approximate surface area is 171 Å². The van der Waals surface area contributed by atoms with E-state index in [4.69, 9.17) is 5.84 Å². The summed E-state index contributed by atoms with van der Waals surface area (Å²) >= 11 is 4.00. The number of carbonyl (C=O) groups is 1. The van der Waals surface area contributed by atoms with E-state index in [0.717, 1.165) is 10.4 Å². The number of carbonyl (C=O) groups excluding carboxylic acids is 1. The van der Waals surface area contributed by atoms with Crippen LogP contribution < -0.4 is 11.2 Å². The Balaban J connectivity index is 1.36. The summed E-state index contributed by atoms with van der Waals surface area (Å²) in [6.45, 7) is 0. The predicted octanol–water partition coefficient (Wildman–Crippen LogP) is 3.71. The Morgan fingerprint density at radius 3 is 2.79 bits per heavy atom. The number of nitrogens with two attached hydrogens (primary N) is 1. The molecular formula is C17H13FN6OS3. The van der Waals surface area contributed by atoms with E-state index in [1.54, 1.807) is 17.5 Å². The van der Waals surface area contributed by atoms with Crippen LogP contribution in [-0.4, -0.2) is 31.5 Å². The standard InChI is InChI=1S/C17H13FN6OS3/c18-11-5-3-10(4-6-11)12-8-27-16(20-12)21-14(25)9-28-17-23-22-15(24(17)19)13-2-1-7-26-13/h1-8H,9,19H2,(H,20,21,25). The lowest BCUT2D eigenvalue weighted by molar-refractivity contribution is -0.113. The van der Waals surface area contributed by atoms with Crippen molar-refractivity contribution in [3.05, 3.63) is 53.0 Å². The average Bonchev–Trinajstić information content (AvgIpc) is 3.42. The number of halogens is 1. The molecular weight excluding hydrogens is 419 g/mol. The number of thiazole rings is 1. The van der Waals surface area contributed by atoms with Crippen LogP contribution in [0.3, 0.4) is 0 Å². The van der Waals surface area contributed by atoms with Crippen molar-refractivity contribution in [2.75, 3.05) is 16.9 Å². The van der Waals surface area contributed by atoms with Crippen molar-refractivity contribution in [1.29, 1.82) is 0 Å². The van der Waals surface area contributed by atoms with Crippen molar-refractivity contribution in [3.63, 3.8) is 0 Å². The topological polar surface area (TPSA) is 98.7 Å². The zero-order valence-corrected chi connectivity index (χ0v) is 16.7. The molecule has 0 saturated carbocycles. The molecule has 1 amide bonds. The van der Waals surface area contributed by atoms with Crippen LogP contribution in [0.15, 0.2) is 52.3 Å². The molecule has 11 heteroatoms. The van der Waals surface area contributed by atoms with Crippen molar-refractivity contribution < 1.29 is 9.18 Å².